The topological polar surface area (TPSA) is 71.4 Å². The fourth-order valence-corrected chi connectivity index (χ4v) is 2.21. The normalized spacial score (nSPS) is 10.8. The first-order chi connectivity index (χ1) is 12.2. The summed E-state index contributed by atoms with van der Waals surface area (Å²) in [6.07, 6.45) is 5.41. The van der Waals surface area contributed by atoms with Crippen LogP contribution in [0.2, 0.25) is 5.15 Å². The average Bonchev–Trinajstić information content (AvgIpc) is 2.65. The maximum Gasteiger partial charge on any atom is 0.213 e. The van der Waals surface area contributed by atoms with Crippen LogP contribution < -0.4 is 15.4 Å². The van der Waals surface area contributed by atoms with Gasteiger partial charge in [-0.15, -0.1) is 24.0 Å². The van der Waals surface area contributed by atoms with Gasteiger partial charge < -0.3 is 15.4 Å². The van der Waals surface area contributed by atoms with Gasteiger partial charge in [-0.1, -0.05) is 30.7 Å². The van der Waals surface area contributed by atoms with E-state index in [9.17, 15) is 0 Å². The lowest BCUT2D eigenvalue weighted by molar-refractivity contribution is 0.305. The second-order valence-corrected chi connectivity index (χ2v) is 5.83. The predicted molar refractivity (Wildman–Crippen MR) is 117 cm³/mol. The monoisotopic (exact) mass is 489 g/mol. The van der Waals surface area contributed by atoms with Crippen molar-refractivity contribution in [3.63, 3.8) is 0 Å². The summed E-state index contributed by atoms with van der Waals surface area (Å²) in [6, 6.07) is 7.65. The standard InChI is InChI=1S/C18H24ClN5O.HI/c1-3-10-25-17-7-5-15(12-23-17)13-24-18(20-2)21-9-8-14-4-6-16(19)22-11-14;/h4-7,11-12H,3,8-10,13H2,1-2H3,(H2,20,21,24);1H. The van der Waals surface area contributed by atoms with Gasteiger partial charge in [-0.05, 0) is 30.0 Å². The van der Waals surface area contributed by atoms with E-state index in [0.717, 1.165) is 36.5 Å². The number of hydrogen-bond acceptors (Lipinski definition) is 4. The van der Waals surface area contributed by atoms with Crippen molar-refractivity contribution >= 4 is 41.5 Å². The van der Waals surface area contributed by atoms with Crippen LogP contribution in [0.4, 0.5) is 0 Å². The third-order valence-corrected chi connectivity index (χ3v) is 3.65. The Hall–Kier alpha value is -1.61. The van der Waals surface area contributed by atoms with Gasteiger partial charge in [0.15, 0.2) is 5.96 Å². The Bertz CT molecular complexity index is 664. The number of nitrogens with one attached hydrogen (secondary N) is 2. The number of aliphatic imine (C=N–C) groups is 1. The van der Waals surface area contributed by atoms with Crippen LogP contribution in [0.1, 0.15) is 24.5 Å². The minimum atomic E-state index is 0. The fraction of sp³-hybridized carbons (Fsp3) is 0.389. The molecule has 0 atom stereocenters. The maximum atomic E-state index is 5.78. The van der Waals surface area contributed by atoms with E-state index in [-0.39, 0.29) is 24.0 Å². The number of rotatable bonds is 8. The van der Waals surface area contributed by atoms with E-state index in [4.69, 9.17) is 16.3 Å². The molecule has 0 aromatic carbocycles. The number of ether oxygens (including phenoxy) is 1. The summed E-state index contributed by atoms with van der Waals surface area (Å²) in [5.74, 6) is 1.40. The van der Waals surface area contributed by atoms with Gasteiger partial charge in [-0.2, -0.15) is 0 Å². The molecule has 0 saturated heterocycles. The van der Waals surface area contributed by atoms with Crippen LogP contribution in [-0.2, 0) is 13.0 Å². The molecule has 0 bridgehead atoms. The Labute approximate surface area is 176 Å². The third-order valence-electron chi connectivity index (χ3n) is 3.43. The van der Waals surface area contributed by atoms with Crippen molar-refractivity contribution in [3.05, 3.63) is 52.9 Å². The van der Waals surface area contributed by atoms with E-state index >= 15 is 0 Å². The summed E-state index contributed by atoms with van der Waals surface area (Å²) in [5, 5.41) is 7.05. The molecule has 0 amide bonds. The molecular weight excluding hydrogens is 465 g/mol. The number of pyridine rings is 2. The van der Waals surface area contributed by atoms with Crippen LogP contribution in [0.5, 0.6) is 5.88 Å². The zero-order chi connectivity index (χ0) is 17.9. The van der Waals surface area contributed by atoms with Crippen molar-refractivity contribution in [1.82, 2.24) is 20.6 Å². The van der Waals surface area contributed by atoms with Gasteiger partial charge in [-0.25, -0.2) is 9.97 Å². The summed E-state index contributed by atoms with van der Waals surface area (Å²) in [7, 11) is 1.75. The molecule has 2 aromatic heterocycles. The van der Waals surface area contributed by atoms with E-state index in [1.54, 1.807) is 19.3 Å². The minimum absolute atomic E-state index is 0. The fourth-order valence-electron chi connectivity index (χ4n) is 2.09. The smallest absolute Gasteiger partial charge is 0.213 e. The highest BCUT2D eigenvalue weighted by Crippen LogP contribution is 2.08. The van der Waals surface area contributed by atoms with Gasteiger partial charge in [0.05, 0.1) is 6.61 Å². The molecule has 6 nitrogen and oxygen atoms in total. The zero-order valence-corrected chi connectivity index (χ0v) is 18.1. The number of aromatic nitrogens is 2. The van der Waals surface area contributed by atoms with Crippen LogP contribution in [0, 0.1) is 0 Å². The molecular formula is C18H25ClIN5O. The lowest BCUT2D eigenvalue weighted by Gasteiger charge is -2.12. The highest BCUT2D eigenvalue weighted by Gasteiger charge is 2.01. The molecule has 0 unspecified atom stereocenters. The second-order valence-electron chi connectivity index (χ2n) is 5.44. The lowest BCUT2D eigenvalue weighted by atomic mass is 10.2. The van der Waals surface area contributed by atoms with Gasteiger partial charge in [0.1, 0.15) is 5.15 Å². The van der Waals surface area contributed by atoms with Crippen molar-refractivity contribution in [3.8, 4) is 5.88 Å². The van der Waals surface area contributed by atoms with E-state index in [1.165, 1.54) is 0 Å². The van der Waals surface area contributed by atoms with Crippen LogP contribution in [-0.4, -0.2) is 36.1 Å². The Morgan fingerprint density at radius 2 is 1.88 bits per heavy atom. The van der Waals surface area contributed by atoms with Gasteiger partial charge >= 0.3 is 0 Å². The largest absolute Gasteiger partial charge is 0.478 e. The summed E-state index contributed by atoms with van der Waals surface area (Å²) in [6.45, 7) is 4.15. The van der Waals surface area contributed by atoms with Crippen molar-refractivity contribution in [2.45, 2.75) is 26.3 Å². The van der Waals surface area contributed by atoms with Crippen molar-refractivity contribution in [2.75, 3.05) is 20.2 Å². The first-order valence-electron chi connectivity index (χ1n) is 8.34. The quantitative estimate of drug-likeness (QED) is 0.257. The van der Waals surface area contributed by atoms with E-state index in [1.807, 2.05) is 24.4 Å². The van der Waals surface area contributed by atoms with Gasteiger partial charge in [0.25, 0.3) is 0 Å². The second kappa shape index (κ2) is 12.7. The molecule has 0 fully saturated rings. The molecule has 26 heavy (non-hydrogen) atoms. The van der Waals surface area contributed by atoms with E-state index in [2.05, 4.69) is 32.5 Å². The predicted octanol–water partition coefficient (Wildman–Crippen LogP) is 3.44. The highest BCUT2D eigenvalue weighted by atomic mass is 127. The van der Waals surface area contributed by atoms with E-state index in [0.29, 0.717) is 24.2 Å². The van der Waals surface area contributed by atoms with Crippen LogP contribution in [0.3, 0.4) is 0 Å². The van der Waals surface area contributed by atoms with Crippen molar-refractivity contribution < 1.29 is 4.74 Å². The molecule has 0 spiro atoms. The van der Waals surface area contributed by atoms with Crippen LogP contribution >= 0.6 is 35.6 Å². The molecule has 0 radical (unpaired) electrons. The van der Waals surface area contributed by atoms with Gasteiger partial charge in [-0.3, -0.25) is 4.99 Å². The molecule has 142 valence electrons. The number of nitrogens with zero attached hydrogens (tertiary/aromatic N) is 3. The summed E-state index contributed by atoms with van der Waals surface area (Å²) in [4.78, 5) is 12.6. The van der Waals surface area contributed by atoms with Crippen molar-refractivity contribution in [2.24, 2.45) is 4.99 Å². The van der Waals surface area contributed by atoms with Crippen LogP contribution in [0.25, 0.3) is 0 Å². The minimum Gasteiger partial charge on any atom is -0.478 e. The van der Waals surface area contributed by atoms with Gasteiger partial charge in [0.2, 0.25) is 5.88 Å². The molecule has 0 aliphatic carbocycles. The van der Waals surface area contributed by atoms with Gasteiger partial charge in [0, 0.05) is 38.6 Å². The summed E-state index contributed by atoms with van der Waals surface area (Å²) in [5.41, 5.74) is 2.19. The number of halogens is 2. The third kappa shape index (κ3) is 8.18. The summed E-state index contributed by atoms with van der Waals surface area (Å²) < 4.78 is 5.48. The Morgan fingerprint density at radius 3 is 2.50 bits per heavy atom. The molecule has 0 aliphatic rings. The Kier molecular flexibility index (Phi) is 11.0. The Balaban J connectivity index is 0.00000338. The number of hydrogen-bond donors (Lipinski definition) is 2. The SMILES string of the molecule is CCCOc1ccc(CNC(=NC)NCCc2ccc(Cl)nc2)cn1.I. The highest BCUT2D eigenvalue weighted by molar-refractivity contribution is 14.0. The molecule has 2 heterocycles. The van der Waals surface area contributed by atoms with Crippen molar-refractivity contribution in [1.29, 1.82) is 0 Å². The number of guanidine groups is 1. The summed E-state index contributed by atoms with van der Waals surface area (Å²) >= 11 is 5.78. The molecule has 2 N–H and O–H groups in total. The molecule has 2 rings (SSSR count). The average molecular weight is 490 g/mol. The Morgan fingerprint density at radius 1 is 1.12 bits per heavy atom. The van der Waals surface area contributed by atoms with Crippen LogP contribution in [0.15, 0.2) is 41.7 Å². The first kappa shape index (κ1) is 22.4. The first-order valence-corrected chi connectivity index (χ1v) is 8.71. The molecule has 2 aromatic rings. The molecule has 0 saturated carbocycles. The zero-order valence-electron chi connectivity index (χ0n) is 15.0. The lowest BCUT2D eigenvalue weighted by Crippen LogP contribution is -2.37. The maximum absolute atomic E-state index is 5.78. The molecule has 0 aliphatic heterocycles. The van der Waals surface area contributed by atoms with E-state index < -0.39 is 0 Å². The molecule has 8 heteroatoms.